The Hall–Kier alpha value is -2.23. The number of carboxylic acid groups (broad SMARTS) is 1. The zero-order valence-electron chi connectivity index (χ0n) is 14.8. The molecule has 1 amide bonds. The van der Waals surface area contributed by atoms with Gasteiger partial charge in [0.15, 0.2) is 0 Å². The summed E-state index contributed by atoms with van der Waals surface area (Å²) in [5.74, 6) is -0.972. The number of nitrogens with zero attached hydrogens (tertiary/aromatic N) is 3. The smallest absolute Gasteiger partial charge is 0.475 e. The Bertz CT molecular complexity index is 715. The first-order chi connectivity index (χ1) is 12.0. The zero-order valence-corrected chi connectivity index (χ0v) is 14.8. The maximum atomic E-state index is 11.8. The summed E-state index contributed by atoms with van der Waals surface area (Å²) in [6, 6.07) is 0. The number of amides is 1. The molecular weight excluding hydrogens is 353 g/mol. The highest BCUT2D eigenvalue weighted by Crippen LogP contribution is 2.33. The van der Waals surface area contributed by atoms with Crippen molar-refractivity contribution in [3.05, 3.63) is 17.1 Å². The molecule has 7 nitrogen and oxygen atoms in total. The zero-order chi connectivity index (χ0) is 19.7. The van der Waals surface area contributed by atoms with Crippen LogP contribution in [0.2, 0.25) is 0 Å². The molecule has 26 heavy (non-hydrogen) atoms. The molecule has 10 heteroatoms. The number of likely N-dealkylation sites (N-methyl/N-ethyl adjacent to an activating group) is 1. The van der Waals surface area contributed by atoms with Gasteiger partial charge >= 0.3 is 12.1 Å². The molecular formula is C16H21F3N4O3. The highest BCUT2D eigenvalue weighted by atomic mass is 19.4. The fourth-order valence-electron chi connectivity index (χ4n) is 2.97. The molecule has 0 bridgehead atoms. The van der Waals surface area contributed by atoms with Crippen molar-refractivity contribution < 1.29 is 27.9 Å². The molecule has 0 saturated carbocycles. The lowest BCUT2D eigenvalue weighted by atomic mass is 9.82. The van der Waals surface area contributed by atoms with E-state index in [2.05, 4.69) is 17.2 Å². The summed E-state index contributed by atoms with van der Waals surface area (Å²) in [6.07, 6.45) is -2.41. The molecule has 3 rings (SSSR count). The van der Waals surface area contributed by atoms with Gasteiger partial charge in [-0.25, -0.2) is 14.8 Å². The van der Waals surface area contributed by atoms with Gasteiger partial charge in [0, 0.05) is 30.3 Å². The van der Waals surface area contributed by atoms with Gasteiger partial charge in [0.05, 0.1) is 6.42 Å². The molecule has 1 aromatic rings. The number of carbonyl (C=O) groups is 2. The Balaban J connectivity index is 0.000000298. The van der Waals surface area contributed by atoms with Crippen LogP contribution in [0.25, 0.3) is 0 Å². The van der Waals surface area contributed by atoms with Gasteiger partial charge in [0.2, 0.25) is 5.91 Å². The summed E-state index contributed by atoms with van der Waals surface area (Å²) in [4.78, 5) is 31.7. The molecule has 0 aliphatic carbocycles. The van der Waals surface area contributed by atoms with Gasteiger partial charge in [-0.15, -0.1) is 0 Å². The van der Waals surface area contributed by atoms with Crippen LogP contribution >= 0.6 is 0 Å². The average molecular weight is 374 g/mol. The highest BCUT2D eigenvalue weighted by Gasteiger charge is 2.38. The molecule has 1 atom stereocenters. The summed E-state index contributed by atoms with van der Waals surface area (Å²) < 4.78 is 31.7. The number of rotatable bonds is 1. The first kappa shape index (κ1) is 20.1. The topological polar surface area (TPSA) is 95.4 Å². The number of hydrogen-bond acceptors (Lipinski definition) is 5. The monoisotopic (exact) mass is 374 g/mol. The third kappa shape index (κ3) is 4.12. The molecule has 0 radical (unpaired) electrons. The van der Waals surface area contributed by atoms with Gasteiger partial charge < -0.3 is 10.4 Å². The van der Waals surface area contributed by atoms with Crippen LogP contribution in [-0.4, -0.2) is 53.3 Å². The first-order valence-corrected chi connectivity index (χ1v) is 8.11. The van der Waals surface area contributed by atoms with E-state index in [0.29, 0.717) is 6.42 Å². The Kier molecular flexibility index (Phi) is 5.55. The number of aliphatic carboxylic acids is 1. The fraction of sp³-hybridized carbons (Fsp3) is 0.625. The summed E-state index contributed by atoms with van der Waals surface area (Å²) in [5, 5.41) is 10.5. The number of nitrogens with one attached hydrogen (secondary N) is 1. The van der Waals surface area contributed by atoms with E-state index in [-0.39, 0.29) is 11.3 Å². The molecule has 2 aliphatic rings. The number of anilines is 1. The Morgan fingerprint density at radius 2 is 1.96 bits per heavy atom. The number of aryl methyl sites for hydroxylation is 1. The lowest BCUT2D eigenvalue weighted by Gasteiger charge is -2.33. The molecule has 144 valence electrons. The van der Waals surface area contributed by atoms with E-state index in [4.69, 9.17) is 14.9 Å². The van der Waals surface area contributed by atoms with E-state index >= 15 is 0 Å². The molecule has 1 aromatic heterocycles. The van der Waals surface area contributed by atoms with Gasteiger partial charge in [-0.2, -0.15) is 13.2 Å². The van der Waals surface area contributed by atoms with Gasteiger partial charge in [-0.05, 0) is 26.3 Å². The Morgan fingerprint density at radius 3 is 2.46 bits per heavy atom. The molecule has 1 fully saturated rings. The van der Waals surface area contributed by atoms with E-state index in [1.54, 1.807) is 11.9 Å². The predicted octanol–water partition coefficient (Wildman–Crippen LogP) is 1.58. The third-order valence-electron chi connectivity index (χ3n) is 4.59. The number of hydrogen-bond donors (Lipinski definition) is 2. The normalized spacial score (nSPS) is 22.5. The lowest BCUT2D eigenvalue weighted by Crippen LogP contribution is -2.42. The van der Waals surface area contributed by atoms with E-state index in [9.17, 15) is 18.0 Å². The molecule has 1 unspecified atom stereocenters. The molecule has 0 spiro atoms. The van der Waals surface area contributed by atoms with Crippen LogP contribution in [0.4, 0.5) is 19.0 Å². The van der Waals surface area contributed by atoms with Crippen molar-refractivity contribution in [2.45, 2.75) is 44.7 Å². The molecule has 3 heterocycles. The van der Waals surface area contributed by atoms with Crippen molar-refractivity contribution >= 4 is 17.7 Å². The van der Waals surface area contributed by atoms with E-state index in [1.807, 2.05) is 6.92 Å². The van der Waals surface area contributed by atoms with Gasteiger partial charge in [0.25, 0.3) is 0 Å². The number of carbonyl (C=O) groups excluding carboxylic acids is 1. The SMILES string of the molecule is Cc1nc(C2(C)CCCNC2)nc2c1CC(=O)N2C.O=C(O)C(F)(F)F. The molecule has 0 aromatic carbocycles. The number of halogens is 3. The summed E-state index contributed by atoms with van der Waals surface area (Å²) in [7, 11) is 1.80. The van der Waals surface area contributed by atoms with Crippen molar-refractivity contribution in [2.24, 2.45) is 0 Å². The van der Waals surface area contributed by atoms with E-state index in [0.717, 1.165) is 48.8 Å². The lowest BCUT2D eigenvalue weighted by molar-refractivity contribution is -0.192. The number of piperidine rings is 1. The van der Waals surface area contributed by atoms with Crippen molar-refractivity contribution in [1.82, 2.24) is 15.3 Å². The number of alkyl halides is 3. The van der Waals surface area contributed by atoms with Crippen molar-refractivity contribution in [3.8, 4) is 0 Å². The maximum Gasteiger partial charge on any atom is 0.490 e. The van der Waals surface area contributed by atoms with Crippen LogP contribution in [-0.2, 0) is 21.4 Å². The van der Waals surface area contributed by atoms with Crippen LogP contribution in [0.5, 0.6) is 0 Å². The quantitative estimate of drug-likeness (QED) is 0.775. The summed E-state index contributed by atoms with van der Waals surface area (Å²) in [6.45, 7) is 6.16. The molecule has 2 aliphatic heterocycles. The van der Waals surface area contributed by atoms with Crippen LogP contribution < -0.4 is 10.2 Å². The minimum Gasteiger partial charge on any atom is -0.475 e. The van der Waals surface area contributed by atoms with Crippen LogP contribution in [0, 0.1) is 6.92 Å². The average Bonchev–Trinajstić information content (AvgIpc) is 2.84. The molecule has 1 saturated heterocycles. The summed E-state index contributed by atoms with van der Waals surface area (Å²) >= 11 is 0. The number of aromatic nitrogens is 2. The second-order valence-corrected chi connectivity index (χ2v) is 6.71. The largest absolute Gasteiger partial charge is 0.490 e. The Labute approximate surface area is 148 Å². The van der Waals surface area contributed by atoms with Crippen molar-refractivity contribution in [2.75, 3.05) is 25.0 Å². The fourth-order valence-corrected chi connectivity index (χ4v) is 2.97. The first-order valence-electron chi connectivity index (χ1n) is 8.11. The minimum absolute atomic E-state index is 0.0233. The van der Waals surface area contributed by atoms with Crippen molar-refractivity contribution in [3.63, 3.8) is 0 Å². The highest BCUT2D eigenvalue weighted by molar-refractivity contribution is 5.99. The van der Waals surface area contributed by atoms with E-state index in [1.165, 1.54) is 0 Å². The second kappa shape index (κ2) is 7.18. The number of fused-ring (bicyclic) bond motifs is 1. The van der Waals surface area contributed by atoms with Gasteiger partial charge in [-0.3, -0.25) is 9.69 Å². The van der Waals surface area contributed by atoms with Crippen molar-refractivity contribution in [1.29, 1.82) is 0 Å². The van der Waals surface area contributed by atoms with Crippen LogP contribution in [0.1, 0.15) is 36.8 Å². The standard InChI is InChI=1S/C14H20N4O.C2HF3O2/c1-9-10-7-11(19)18(3)12(10)17-13(16-9)14(2)5-4-6-15-8-14;3-2(4,5)1(6)7/h15H,4-8H2,1-3H3;(H,6,7). The van der Waals surface area contributed by atoms with Gasteiger partial charge in [0.1, 0.15) is 11.6 Å². The predicted molar refractivity (Wildman–Crippen MR) is 87.0 cm³/mol. The second-order valence-electron chi connectivity index (χ2n) is 6.71. The maximum absolute atomic E-state index is 11.8. The van der Waals surface area contributed by atoms with Crippen LogP contribution in [0.3, 0.4) is 0 Å². The van der Waals surface area contributed by atoms with E-state index < -0.39 is 12.1 Å². The summed E-state index contributed by atoms with van der Waals surface area (Å²) in [5.41, 5.74) is 1.91. The number of carboxylic acids is 1. The third-order valence-corrected chi connectivity index (χ3v) is 4.59. The molecule has 2 N–H and O–H groups in total. The van der Waals surface area contributed by atoms with Crippen LogP contribution in [0.15, 0.2) is 0 Å². The van der Waals surface area contributed by atoms with Gasteiger partial charge in [-0.1, -0.05) is 6.92 Å². The minimum atomic E-state index is -5.08. The Morgan fingerprint density at radius 1 is 1.35 bits per heavy atom.